The number of hydrogen-bond donors (Lipinski definition) is 0. The first-order chi connectivity index (χ1) is 5.62. The van der Waals surface area contributed by atoms with Gasteiger partial charge in [0.2, 0.25) is 0 Å². The number of allylic oxidation sites excluding steroid dienone is 2. The Balaban J connectivity index is 2.91. The Morgan fingerprint density at radius 3 is 2.67 bits per heavy atom. The highest BCUT2D eigenvalue weighted by Gasteiger charge is 2.30. The van der Waals surface area contributed by atoms with Gasteiger partial charge in [-0.05, 0) is 30.8 Å². The molecule has 0 saturated carbocycles. The second-order valence-corrected chi connectivity index (χ2v) is 3.90. The van der Waals surface area contributed by atoms with Crippen LogP contribution in [0, 0.1) is 5.41 Å². The molecule has 1 aliphatic rings. The van der Waals surface area contributed by atoms with E-state index in [1.54, 1.807) is 0 Å². The minimum absolute atomic E-state index is 0.308. The van der Waals surface area contributed by atoms with Crippen LogP contribution in [-0.2, 0) is 4.79 Å². The van der Waals surface area contributed by atoms with E-state index < -0.39 is 0 Å². The van der Waals surface area contributed by atoms with Crippen molar-refractivity contribution in [1.82, 2.24) is 0 Å². The van der Waals surface area contributed by atoms with E-state index in [0.717, 1.165) is 25.7 Å². The Labute approximate surface area is 74.9 Å². The molecule has 1 atom stereocenters. The zero-order valence-corrected chi connectivity index (χ0v) is 8.31. The largest absolute Gasteiger partial charge is 0.295 e. The van der Waals surface area contributed by atoms with Crippen LogP contribution < -0.4 is 0 Å². The second-order valence-electron chi connectivity index (χ2n) is 3.90. The summed E-state index contributed by atoms with van der Waals surface area (Å²) in [5.41, 5.74) is 1.66. The summed E-state index contributed by atoms with van der Waals surface area (Å²) < 4.78 is 0. The van der Waals surface area contributed by atoms with Gasteiger partial charge in [0.1, 0.15) is 0 Å². The maximum absolute atomic E-state index is 11.2. The summed E-state index contributed by atoms with van der Waals surface area (Å²) in [6.07, 6.45) is 5.83. The van der Waals surface area contributed by atoms with Crippen molar-refractivity contribution in [3.05, 3.63) is 11.6 Å². The lowest BCUT2D eigenvalue weighted by Gasteiger charge is -2.33. The topological polar surface area (TPSA) is 17.1 Å². The SMILES string of the molecule is CCC1=CC(=O)CCC1(C)CC. The van der Waals surface area contributed by atoms with Crippen LogP contribution in [-0.4, -0.2) is 5.78 Å². The standard InChI is InChI=1S/C11H18O/c1-4-9-8-10(12)6-7-11(9,3)5-2/h8H,4-7H2,1-3H3. The second kappa shape index (κ2) is 3.42. The molecule has 0 amide bonds. The van der Waals surface area contributed by atoms with Crippen LogP contribution in [0.4, 0.5) is 0 Å². The minimum atomic E-state index is 0.308. The van der Waals surface area contributed by atoms with Crippen molar-refractivity contribution < 1.29 is 4.79 Å². The van der Waals surface area contributed by atoms with Crippen molar-refractivity contribution in [3.63, 3.8) is 0 Å². The fourth-order valence-corrected chi connectivity index (χ4v) is 1.93. The zero-order chi connectivity index (χ0) is 9.19. The number of carbonyl (C=O) groups is 1. The van der Waals surface area contributed by atoms with Gasteiger partial charge in [-0.2, -0.15) is 0 Å². The molecule has 1 rings (SSSR count). The molecule has 1 aliphatic carbocycles. The van der Waals surface area contributed by atoms with Crippen molar-refractivity contribution in [3.8, 4) is 0 Å². The fraction of sp³-hybridized carbons (Fsp3) is 0.727. The lowest BCUT2D eigenvalue weighted by Crippen LogP contribution is -2.24. The van der Waals surface area contributed by atoms with Gasteiger partial charge in [0.05, 0.1) is 0 Å². The van der Waals surface area contributed by atoms with Gasteiger partial charge in [-0.25, -0.2) is 0 Å². The highest BCUT2D eigenvalue weighted by Crippen LogP contribution is 2.40. The maximum Gasteiger partial charge on any atom is 0.155 e. The van der Waals surface area contributed by atoms with Gasteiger partial charge in [0.25, 0.3) is 0 Å². The molecular formula is C11H18O. The number of carbonyl (C=O) groups excluding carboxylic acids is 1. The summed E-state index contributed by atoms with van der Waals surface area (Å²) in [6, 6.07) is 0. The maximum atomic E-state index is 11.2. The van der Waals surface area contributed by atoms with Gasteiger partial charge in [0, 0.05) is 6.42 Å². The molecule has 0 fully saturated rings. The van der Waals surface area contributed by atoms with Crippen LogP contribution in [0.25, 0.3) is 0 Å². The molecule has 68 valence electrons. The molecule has 0 radical (unpaired) electrons. The van der Waals surface area contributed by atoms with E-state index in [-0.39, 0.29) is 0 Å². The predicted molar refractivity (Wildman–Crippen MR) is 51.0 cm³/mol. The molecule has 12 heavy (non-hydrogen) atoms. The number of rotatable bonds is 2. The summed E-state index contributed by atoms with van der Waals surface area (Å²) in [4.78, 5) is 11.2. The summed E-state index contributed by atoms with van der Waals surface area (Å²) in [5.74, 6) is 0.317. The van der Waals surface area contributed by atoms with E-state index in [9.17, 15) is 4.79 Å². The molecule has 0 N–H and O–H groups in total. The Kier molecular flexibility index (Phi) is 2.71. The molecule has 0 spiro atoms. The molecule has 0 bridgehead atoms. The lowest BCUT2D eigenvalue weighted by molar-refractivity contribution is -0.115. The van der Waals surface area contributed by atoms with Crippen LogP contribution in [0.15, 0.2) is 11.6 Å². The molecule has 1 unspecified atom stereocenters. The number of ketones is 1. The van der Waals surface area contributed by atoms with Gasteiger partial charge < -0.3 is 0 Å². The van der Waals surface area contributed by atoms with E-state index in [1.165, 1.54) is 5.57 Å². The number of hydrogen-bond acceptors (Lipinski definition) is 1. The van der Waals surface area contributed by atoms with E-state index in [4.69, 9.17) is 0 Å². The minimum Gasteiger partial charge on any atom is -0.295 e. The first-order valence-corrected chi connectivity index (χ1v) is 4.86. The quantitative estimate of drug-likeness (QED) is 0.616. The Morgan fingerprint density at radius 1 is 1.50 bits per heavy atom. The van der Waals surface area contributed by atoms with Crippen molar-refractivity contribution in [2.24, 2.45) is 5.41 Å². The van der Waals surface area contributed by atoms with Crippen LogP contribution >= 0.6 is 0 Å². The van der Waals surface area contributed by atoms with Gasteiger partial charge in [-0.1, -0.05) is 26.3 Å². The Morgan fingerprint density at radius 2 is 2.17 bits per heavy atom. The first kappa shape index (κ1) is 9.50. The fourth-order valence-electron chi connectivity index (χ4n) is 1.93. The van der Waals surface area contributed by atoms with Crippen LogP contribution in [0.1, 0.15) is 46.5 Å². The van der Waals surface area contributed by atoms with Gasteiger partial charge in [-0.3, -0.25) is 4.79 Å². The normalized spacial score (nSPS) is 30.2. The van der Waals surface area contributed by atoms with Gasteiger partial charge in [-0.15, -0.1) is 0 Å². The van der Waals surface area contributed by atoms with Crippen molar-refractivity contribution in [2.75, 3.05) is 0 Å². The summed E-state index contributed by atoms with van der Waals surface area (Å²) in [7, 11) is 0. The Hall–Kier alpha value is -0.590. The van der Waals surface area contributed by atoms with E-state index in [1.807, 2.05) is 6.08 Å². The molecule has 0 aliphatic heterocycles. The highest BCUT2D eigenvalue weighted by atomic mass is 16.1. The van der Waals surface area contributed by atoms with Crippen LogP contribution in [0.5, 0.6) is 0 Å². The lowest BCUT2D eigenvalue weighted by atomic mass is 9.71. The van der Waals surface area contributed by atoms with Gasteiger partial charge in [0.15, 0.2) is 5.78 Å². The van der Waals surface area contributed by atoms with E-state index in [0.29, 0.717) is 11.2 Å². The highest BCUT2D eigenvalue weighted by molar-refractivity contribution is 5.91. The third-order valence-corrected chi connectivity index (χ3v) is 3.19. The van der Waals surface area contributed by atoms with Crippen LogP contribution in [0.2, 0.25) is 0 Å². The van der Waals surface area contributed by atoms with Crippen molar-refractivity contribution >= 4 is 5.78 Å². The smallest absolute Gasteiger partial charge is 0.155 e. The van der Waals surface area contributed by atoms with E-state index >= 15 is 0 Å². The third kappa shape index (κ3) is 1.60. The molecule has 1 nitrogen and oxygen atoms in total. The first-order valence-electron chi connectivity index (χ1n) is 4.86. The average Bonchev–Trinajstić information content (AvgIpc) is 2.09. The molecular weight excluding hydrogens is 148 g/mol. The molecule has 1 heteroatoms. The van der Waals surface area contributed by atoms with Crippen molar-refractivity contribution in [2.45, 2.75) is 46.5 Å². The summed E-state index contributed by atoms with van der Waals surface area (Å²) in [6.45, 7) is 6.62. The van der Waals surface area contributed by atoms with Crippen LogP contribution in [0.3, 0.4) is 0 Å². The molecule has 0 aromatic heterocycles. The monoisotopic (exact) mass is 166 g/mol. The molecule has 0 saturated heterocycles. The van der Waals surface area contributed by atoms with Crippen molar-refractivity contribution in [1.29, 1.82) is 0 Å². The molecule has 0 heterocycles. The zero-order valence-electron chi connectivity index (χ0n) is 8.31. The summed E-state index contributed by atoms with van der Waals surface area (Å²) in [5, 5.41) is 0. The third-order valence-electron chi connectivity index (χ3n) is 3.19. The van der Waals surface area contributed by atoms with Gasteiger partial charge >= 0.3 is 0 Å². The molecule has 0 aromatic rings. The molecule has 0 aromatic carbocycles. The predicted octanol–water partition coefficient (Wildman–Crippen LogP) is 3.10. The Bertz CT molecular complexity index is 215. The average molecular weight is 166 g/mol. The summed E-state index contributed by atoms with van der Waals surface area (Å²) >= 11 is 0. The van der Waals surface area contributed by atoms with E-state index in [2.05, 4.69) is 20.8 Å².